The van der Waals surface area contributed by atoms with Gasteiger partial charge in [0, 0.05) is 28.4 Å². The average Bonchev–Trinajstić information content (AvgIpc) is 2.95. The van der Waals surface area contributed by atoms with Crippen LogP contribution in [0.25, 0.3) is 10.9 Å². The van der Waals surface area contributed by atoms with Gasteiger partial charge in [0.05, 0.1) is 0 Å². The smallest absolute Gasteiger partial charge is 0.256 e. The van der Waals surface area contributed by atoms with E-state index in [0.29, 0.717) is 5.56 Å². The summed E-state index contributed by atoms with van der Waals surface area (Å²) in [6, 6.07) is 15.6. The van der Waals surface area contributed by atoms with Gasteiger partial charge in [0.15, 0.2) is 0 Å². The summed E-state index contributed by atoms with van der Waals surface area (Å²) in [6.45, 7) is 2.10. The third-order valence-corrected chi connectivity index (χ3v) is 3.43. The first-order chi connectivity index (χ1) is 9.78. The number of hydrogen-bond donors (Lipinski definition) is 2. The Hall–Kier alpha value is -2.55. The van der Waals surface area contributed by atoms with Crippen LogP contribution in [0.3, 0.4) is 0 Å². The van der Waals surface area contributed by atoms with Crippen molar-refractivity contribution in [3.05, 3.63) is 65.9 Å². The van der Waals surface area contributed by atoms with Crippen LogP contribution in [-0.2, 0) is 6.42 Å². The van der Waals surface area contributed by atoms with Gasteiger partial charge in [-0.05, 0) is 42.3 Å². The van der Waals surface area contributed by atoms with Crippen LogP contribution >= 0.6 is 0 Å². The first-order valence-corrected chi connectivity index (χ1v) is 6.74. The molecular formula is C17H16N2O. The molecule has 0 aliphatic rings. The second-order valence-corrected chi connectivity index (χ2v) is 4.75. The SMILES string of the molecule is CCc1cccc(NC(=O)c2cccc3[nH]ccc23)c1. The predicted molar refractivity (Wildman–Crippen MR) is 82.1 cm³/mol. The maximum absolute atomic E-state index is 12.4. The Balaban J connectivity index is 1.91. The molecule has 2 N–H and O–H groups in total. The predicted octanol–water partition coefficient (Wildman–Crippen LogP) is 3.98. The third kappa shape index (κ3) is 2.30. The summed E-state index contributed by atoms with van der Waals surface area (Å²) in [6.07, 6.45) is 2.80. The highest BCUT2D eigenvalue weighted by molar-refractivity contribution is 6.12. The molecule has 1 heterocycles. The second-order valence-electron chi connectivity index (χ2n) is 4.75. The number of hydrogen-bond acceptors (Lipinski definition) is 1. The van der Waals surface area contributed by atoms with E-state index in [0.717, 1.165) is 23.0 Å². The van der Waals surface area contributed by atoms with Gasteiger partial charge < -0.3 is 10.3 Å². The lowest BCUT2D eigenvalue weighted by atomic mass is 10.1. The maximum atomic E-state index is 12.4. The Bertz CT molecular complexity index is 758. The molecule has 3 aromatic rings. The highest BCUT2D eigenvalue weighted by Crippen LogP contribution is 2.19. The number of fused-ring (bicyclic) bond motifs is 1. The van der Waals surface area contributed by atoms with Crippen LogP contribution in [0.1, 0.15) is 22.8 Å². The molecule has 0 fully saturated rings. The molecule has 0 aliphatic heterocycles. The Kier molecular flexibility index (Phi) is 3.25. The molecular weight excluding hydrogens is 248 g/mol. The van der Waals surface area contributed by atoms with Gasteiger partial charge >= 0.3 is 0 Å². The lowest BCUT2D eigenvalue weighted by molar-refractivity contribution is 0.102. The molecule has 20 heavy (non-hydrogen) atoms. The number of aryl methyl sites for hydroxylation is 1. The van der Waals surface area contributed by atoms with Crippen LogP contribution < -0.4 is 5.32 Å². The Morgan fingerprint density at radius 3 is 2.85 bits per heavy atom. The molecule has 0 atom stereocenters. The number of nitrogens with one attached hydrogen (secondary N) is 2. The number of anilines is 1. The minimum absolute atomic E-state index is 0.0801. The van der Waals surface area contributed by atoms with Gasteiger partial charge in [-0.25, -0.2) is 0 Å². The van der Waals surface area contributed by atoms with Crippen molar-refractivity contribution in [2.24, 2.45) is 0 Å². The molecule has 100 valence electrons. The Labute approximate surface area is 117 Å². The van der Waals surface area contributed by atoms with Gasteiger partial charge in [-0.3, -0.25) is 4.79 Å². The zero-order chi connectivity index (χ0) is 13.9. The van der Waals surface area contributed by atoms with Crippen LogP contribution in [0.2, 0.25) is 0 Å². The molecule has 0 spiro atoms. The molecule has 3 heteroatoms. The standard InChI is InChI=1S/C17H16N2O/c1-2-12-5-3-6-13(11-12)19-17(20)15-7-4-8-16-14(15)9-10-18-16/h3-11,18H,2H2,1H3,(H,19,20). The second kappa shape index (κ2) is 5.21. The van der Waals surface area contributed by atoms with E-state index in [-0.39, 0.29) is 5.91 Å². The Morgan fingerprint density at radius 2 is 2.00 bits per heavy atom. The van der Waals surface area contributed by atoms with Crippen LogP contribution in [0, 0.1) is 0 Å². The lowest BCUT2D eigenvalue weighted by Crippen LogP contribution is -2.12. The highest BCUT2D eigenvalue weighted by Gasteiger charge is 2.10. The molecule has 0 saturated heterocycles. The van der Waals surface area contributed by atoms with Gasteiger partial charge in [-0.15, -0.1) is 0 Å². The monoisotopic (exact) mass is 264 g/mol. The van der Waals surface area contributed by atoms with E-state index in [9.17, 15) is 4.79 Å². The van der Waals surface area contributed by atoms with Gasteiger partial charge in [-0.2, -0.15) is 0 Å². The zero-order valence-corrected chi connectivity index (χ0v) is 11.3. The first-order valence-electron chi connectivity index (χ1n) is 6.74. The van der Waals surface area contributed by atoms with Crippen molar-refractivity contribution in [2.45, 2.75) is 13.3 Å². The fraction of sp³-hybridized carbons (Fsp3) is 0.118. The number of benzene rings is 2. The third-order valence-electron chi connectivity index (χ3n) is 3.43. The summed E-state index contributed by atoms with van der Waals surface area (Å²) in [4.78, 5) is 15.5. The molecule has 0 radical (unpaired) electrons. The van der Waals surface area contributed by atoms with Crippen molar-refractivity contribution in [3.63, 3.8) is 0 Å². The molecule has 2 aromatic carbocycles. The van der Waals surface area contributed by atoms with E-state index in [1.807, 2.05) is 48.7 Å². The molecule has 3 nitrogen and oxygen atoms in total. The number of aromatic nitrogens is 1. The molecule has 0 unspecified atom stereocenters. The quantitative estimate of drug-likeness (QED) is 0.738. The van der Waals surface area contributed by atoms with Crippen molar-refractivity contribution >= 4 is 22.5 Å². The van der Waals surface area contributed by atoms with Gasteiger partial charge in [0.25, 0.3) is 5.91 Å². The Morgan fingerprint density at radius 1 is 1.15 bits per heavy atom. The van der Waals surface area contributed by atoms with Gasteiger partial charge in [0.1, 0.15) is 0 Å². The van der Waals surface area contributed by atoms with Crippen LogP contribution in [0.15, 0.2) is 54.7 Å². The largest absolute Gasteiger partial charge is 0.361 e. The summed E-state index contributed by atoms with van der Waals surface area (Å²) >= 11 is 0. The topological polar surface area (TPSA) is 44.9 Å². The fourth-order valence-corrected chi connectivity index (χ4v) is 2.35. The molecule has 0 saturated carbocycles. The van der Waals surface area contributed by atoms with Crippen LogP contribution in [0.4, 0.5) is 5.69 Å². The van der Waals surface area contributed by atoms with Crippen molar-refractivity contribution in [2.75, 3.05) is 5.32 Å². The van der Waals surface area contributed by atoms with Crippen LogP contribution in [0.5, 0.6) is 0 Å². The van der Waals surface area contributed by atoms with E-state index in [2.05, 4.69) is 23.3 Å². The summed E-state index contributed by atoms with van der Waals surface area (Å²) in [7, 11) is 0. The first kappa shape index (κ1) is 12.5. The number of rotatable bonds is 3. The molecule has 3 rings (SSSR count). The number of amides is 1. The minimum atomic E-state index is -0.0801. The van der Waals surface area contributed by atoms with Crippen molar-refractivity contribution in [1.82, 2.24) is 4.98 Å². The molecule has 0 aliphatic carbocycles. The van der Waals surface area contributed by atoms with Gasteiger partial charge in [-0.1, -0.05) is 25.1 Å². The summed E-state index contributed by atoms with van der Waals surface area (Å²) in [5.41, 5.74) is 3.70. The van der Waals surface area contributed by atoms with Gasteiger partial charge in [0.2, 0.25) is 0 Å². The van der Waals surface area contributed by atoms with E-state index < -0.39 is 0 Å². The summed E-state index contributed by atoms with van der Waals surface area (Å²) in [5, 5.41) is 3.90. The summed E-state index contributed by atoms with van der Waals surface area (Å²) < 4.78 is 0. The van der Waals surface area contributed by atoms with Crippen molar-refractivity contribution < 1.29 is 4.79 Å². The number of carbonyl (C=O) groups is 1. The normalized spacial score (nSPS) is 10.7. The van der Waals surface area contributed by atoms with E-state index >= 15 is 0 Å². The average molecular weight is 264 g/mol. The minimum Gasteiger partial charge on any atom is -0.361 e. The maximum Gasteiger partial charge on any atom is 0.256 e. The van der Waals surface area contributed by atoms with Crippen molar-refractivity contribution in [1.29, 1.82) is 0 Å². The van der Waals surface area contributed by atoms with Crippen molar-refractivity contribution in [3.8, 4) is 0 Å². The van der Waals surface area contributed by atoms with Crippen LogP contribution in [-0.4, -0.2) is 10.9 Å². The number of H-pyrrole nitrogens is 1. The summed E-state index contributed by atoms with van der Waals surface area (Å²) in [5.74, 6) is -0.0801. The molecule has 0 bridgehead atoms. The molecule has 1 amide bonds. The highest BCUT2D eigenvalue weighted by atomic mass is 16.1. The van der Waals surface area contributed by atoms with E-state index in [1.165, 1.54) is 5.56 Å². The fourth-order valence-electron chi connectivity index (χ4n) is 2.35. The molecule has 1 aromatic heterocycles. The van der Waals surface area contributed by atoms with E-state index in [1.54, 1.807) is 0 Å². The lowest BCUT2D eigenvalue weighted by Gasteiger charge is -2.07. The van der Waals surface area contributed by atoms with E-state index in [4.69, 9.17) is 0 Å². The zero-order valence-electron chi connectivity index (χ0n) is 11.3. The number of aromatic amines is 1. The number of carbonyl (C=O) groups excluding carboxylic acids is 1.